The Morgan fingerprint density at radius 3 is 2.57 bits per heavy atom. The van der Waals surface area contributed by atoms with Gasteiger partial charge in [0.15, 0.2) is 0 Å². The summed E-state index contributed by atoms with van der Waals surface area (Å²) in [6.07, 6.45) is 1.10. The van der Waals surface area contributed by atoms with E-state index < -0.39 is 0 Å². The second-order valence-electron chi connectivity index (χ2n) is 7.02. The molecule has 1 aliphatic rings. The Hall–Kier alpha value is -2.06. The molecule has 1 unspecified atom stereocenters. The second-order valence-corrected chi connectivity index (χ2v) is 7.02. The van der Waals surface area contributed by atoms with Crippen LogP contribution in [0.4, 0.5) is 0 Å². The number of aromatic amines is 1. The quantitative estimate of drug-likeness (QED) is 0.673. The topological polar surface area (TPSA) is 27.8 Å². The van der Waals surface area contributed by atoms with Crippen LogP contribution in [0.2, 0.25) is 0 Å². The number of aromatic nitrogens is 1. The molecule has 1 atom stereocenters. The van der Waals surface area contributed by atoms with Crippen molar-refractivity contribution in [2.45, 2.75) is 40.2 Å². The summed E-state index contributed by atoms with van der Waals surface area (Å²) >= 11 is 0. The lowest BCUT2D eigenvalue weighted by Gasteiger charge is -2.26. The molecule has 118 valence electrons. The predicted octanol–water partition coefficient (Wildman–Crippen LogP) is 4.64. The molecule has 0 fully saturated rings. The first-order valence-corrected chi connectivity index (χ1v) is 8.47. The van der Waals surface area contributed by atoms with Gasteiger partial charge in [-0.1, -0.05) is 35.4 Å². The van der Waals surface area contributed by atoms with E-state index in [4.69, 9.17) is 0 Å². The molecule has 0 amide bonds. The average molecular weight is 304 g/mol. The minimum atomic E-state index is 0.269. The standard InChI is InChI=1S/C21H24N2/c1-12-5-6-14(3)17(10-12)20-21-16(7-8-22-20)18-11-13(2)9-15(4)19(18)23-21/h5-6,9-11,20,22-23H,7-8H2,1-4H3. The molecule has 0 aliphatic carbocycles. The molecule has 0 spiro atoms. The lowest BCUT2D eigenvalue weighted by atomic mass is 9.90. The highest BCUT2D eigenvalue weighted by Crippen LogP contribution is 2.36. The van der Waals surface area contributed by atoms with Gasteiger partial charge in [-0.15, -0.1) is 0 Å². The smallest absolute Gasteiger partial charge is 0.0735 e. The first-order valence-electron chi connectivity index (χ1n) is 8.47. The zero-order valence-corrected chi connectivity index (χ0v) is 14.4. The summed E-state index contributed by atoms with van der Waals surface area (Å²) in [5.41, 5.74) is 10.9. The Labute approximate surface area is 137 Å². The molecule has 1 aromatic heterocycles. The van der Waals surface area contributed by atoms with Gasteiger partial charge in [-0.05, 0) is 62.4 Å². The van der Waals surface area contributed by atoms with Gasteiger partial charge in [-0.2, -0.15) is 0 Å². The molecule has 2 aromatic carbocycles. The van der Waals surface area contributed by atoms with Crippen molar-refractivity contribution in [3.05, 3.63) is 69.4 Å². The van der Waals surface area contributed by atoms with Crippen molar-refractivity contribution in [2.75, 3.05) is 6.54 Å². The van der Waals surface area contributed by atoms with E-state index in [0.29, 0.717) is 0 Å². The van der Waals surface area contributed by atoms with Gasteiger partial charge in [-0.25, -0.2) is 0 Å². The van der Waals surface area contributed by atoms with Crippen LogP contribution in [0, 0.1) is 27.7 Å². The summed E-state index contributed by atoms with van der Waals surface area (Å²) < 4.78 is 0. The maximum absolute atomic E-state index is 3.74. The van der Waals surface area contributed by atoms with Crippen molar-refractivity contribution < 1.29 is 0 Å². The molecule has 0 bridgehead atoms. The van der Waals surface area contributed by atoms with Crippen molar-refractivity contribution in [3.8, 4) is 0 Å². The summed E-state index contributed by atoms with van der Waals surface area (Å²) in [6.45, 7) is 9.81. The Morgan fingerprint density at radius 1 is 0.913 bits per heavy atom. The van der Waals surface area contributed by atoms with Gasteiger partial charge in [0.05, 0.1) is 6.04 Å². The third kappa shape index (κ3) is 2.29. The lowest BCUT2D eigenvalue weighted by molar-refractivity contribution is 0.558. The van der Waals surface area contributed by atoms with Gasteiger partial charge >= 0.3 is 0 Å². The molecular weight excluding hydrogens is 280 g/mol. The summed E-state index contributed by atoms with van der Waals surface area (Å²) in [5.74, 6) is 0. The van der Waals surface area contributed by atoms with Crippen molar-refractivity contribution >= 4 is 10.9 Å². The van der Waals surface area contributed by atoms with Crippen molar-refractivity contribution in [1.82, 2.24) is 10.3 Å². The normalized spacial score (nSPS) is 17.5. The fraction of sp³-hybridized carbons (Fsp3) is 0.333. The van der Waals surface area contributed by atoms with Crippen LogP contribution in [-0.4, -0.2) is 11.5 Å². The number of hydrogen-bond donors (Lipinski definition) is 2. The van der Waals surface area contributed by atoms with E-state index in [-0.39, 0.29) is 6.04 Å². The van der Waals surface area contributed by atoms with Crippen molar-refractivity contribution in [3.63, 3.8) is 0 Å². The Bertz CT molecular complexity index is 902. The highest BCUT2D eigenvalue weighted by molar-refractivity contribution is 5.88. The number of benzene rings is 2. The second kappa shape index (κ2) is 5.24. The zero-order valence-electron chi connectivity index (χ0n) is 14.4. The molecule has 0 radical (unpaired) electrons. The lowest BCUT2D eigenvalue weighted by Crippen LogP contribution is -2.31. The number of nitrogens with one attached hydrogen (secondary N) is 2. The fourth-order valence-electron chi connectivity index (χ4n) is 4.02. The molecule has 4 rings (SSSR count). The molecule has 2 heteroatoms. The summed E-state index contributed by atoms with van der Waals surface area (Å²) in [6, 6.07) is 11.6. The third-order valence-corrected chi connectivity index (χ3v) is 5.15. The van der Waals surface area contributed by atoms with Gasteiger partial charge in [0.25, 0.3) is 0 Å². The predicted molar refractivity (Wildman–Crippen MR) is 97.2 cm³/mol. The van der Waals surface area contributed by atoms with Crippen LogP contribution in [0.3, 0.4) is 0 Å². The molecule has 1 aliphatic heterocycles. The van der Waals surface area contributed by atoms with E-state index in [0.717, 1.165) is 13.0 Å². The fourth-order valence-corrected chi connectivity index (χ4v) is 4.02. The summed E-state index contributed by atoms with van der Waals surface area (Å²) in [7, 11) is 0. The molecule has 2 nitrogen and oxygen atoms in total. The average Bonchev–Trinajstić information content (AvgIpc) is 2.89. The van der Waals surface area contributed by atoms with Crippen LogP contribution in [-0.2, 0) is 6.42 Å². The third-order valence-electron chi connectivity index (χ3n) is 5.15. The Morgan fingerprint density at radius 2 is 1.74 bits per heavy atom. The number of hydrogen-bond acceptors (Lipinski definition) is 1. The largest absolute Gasteiger partial charge is 0.356 e. The van der Waals surface area contributed by atoms with E-state index in [1.165, 1.54) is 50.0 Å². The minimum absolute atomic E-state index is 0.269. The highest BCUT2D eigenvalue weighted by atomic mass is 15.0. The monoisotopic (exact) mass is 304 g/mol. The molecule has 0 saturated heterocycles. The number of rotatable bonds is 1. The van der Waals surface area contributed by atoms with E-state index in [2.05, 4.69) is 68.3 Å². The molecule has 2 N–H and O–H groups in total. The van der Waals surface area contributed by atoms with E-state index in [1.807, 2.05) is 0 Å². The summed E-state index contributed by atoms with van der Waals surface area (Å²) in [5, 5.41) is 5.13. The van der Waals surface area contributed by atoms with Crippen molar-refractivity contribution in [1.29, 1.82) is 0 Å². The van der Waals surface area contributed by atoms with Crippen LogP contribution in [0.25, 0.3) is 10.9 Å². The van der Waals surface area contributed by atoms with Gasteiger partial charge < -0.3 is 10.3 Å². The van der Waals surface area contributed by atoms with Gasteiger partial charge in [0.2, 0.25) is 0 Å². The highest BCUT2D eigenvalue weighted by Gasteiger charge is 2.26. The van der Waals surface area contributed by atoms with Gasteiger partial charge in [0.1, 0.15) is 0 Å². The van der Waals surface area contributed by atoms with Gasteiger partial charge in [0, 0.05) is 23.1 Å². The van der Waals surface area contributed by atoms with Crippen LogP contribution in [0.5, 0.6) is 0 Å². The maximum atomic E-state index is 3.74. The maximum Gasteiger partial charge on any atom is 0.0735 e. The molecule has 3 aromatic rings. The number of fused-ring (bicyclic) bond motifs is 3. The Balaban J connectivity index is 1.95. The number of H-pyrrole nitrogens is 1. The minimum Gasteiger partial charge on any atom is -0.356 e. The summed E-state index contributed by atoms with van der Waals surface area (Å²) in [4.78, 5) is 3.74. The molecule has 0 saturated carbocycles. The van der Waals surface area contributed by atoms with Crippen LogP contribution < -0.4 is 5.32 Å². The zero-order chi connectivity index (χ0) is 16.1. The van der Waals surface area contributed by atoms with E-state index in [1.54, 1.807) is 0 Å². The first-order chi connectivity index (χ1) is 11.0. The van der Waals surface area contributed by atoms with Crippen LogP contribution in [0.15, 0.2) is 30.3 Å². The Kier molecular flexibility index (Phi) is 3.31. The molecule has 23 heavy (non-hydrogen) atoms. The molecule has 2 heterocycles. The van der Waals surface area contributed by atoms with E-state index in [9.17, 15) is 0 Å². The van der Waals surface area contributed by atoms with Crippen LogP contribution >= 0.6 is 0 Å². The SMILES string of the molecule is Cc1ccc(C)c(C2NCCc3c2[nH]c2c(C)cc(C)cc32)c1. The first kappa shape index (κ1) is 14.5. The van der Waals surface area contributed by atoms with Crippen LogP contribution in [0.1, 0.15) is 45.1 Å². The van der Waals surface area contributed by atoms with Gasteiger partial charge in [-0.3, -0.25) is 0 Å². The van der Waals surface area contributed by atoms with Crippen molar-refractivity contribution in [2.24, 2.45) is 0 Å². The number of aryl methyl sites for hydroxylation is 4. The molecular formula is C21H24N2. The van der Waals surface area contributed by atoms with E-state index >= 15 is 0 Å².